The SMILES string of the molecule is Cc1cc(CC(=O)Nc2nc3ccccc3n2Cc2ccccc2C)no1. The van der Waals surface area contributed by atoms with Crippen LogP contribution in [0.25, 0.3) is 11.0 Å². The number of anilines is 1. The predicted molar refractivity (Wildman–Crippen MR) is 104 cm³/mol. The summed E-state index contributed by atoms with van der Waals surface area (Å²) in [6.45, 7) is 4.52. The molecule has 0 saturated heterocycles. The van der Waals surface area contributed by atoms with E-state index in [0.29, 0.717) is 23.9 Å². The summed E-state index contributed by atoms with van der Waals surface area (Å²) in [4.78, 5) is 17.1. The maximum absolute atomic E-state index is 12.5. The molecule has 0 aliphatic carbocycles. The Labute approximate surface area is 156 Å². The second kappa shape index (κ2) is 7.07. The number of nitrogens with zero attached hydrogens (tertiary/aromatic N) is 3. The van der Waals surface area contributed by atoms with Crippen LogP contribution in [0.15, 0.2) is 59.1 Å². The molecule has 2 aromatic heterocycles. The maximum Gasteiger partial charge on any atom is 0.232 e. The molecule has 4 rings (SSSR count). The molecule has 6 nitrogen and oxygen atoms in total. The quantitative estimate of drug-likeness (QED) is 0.586. The van der Waals surface area contributed by atoms with Crippen LogP contribution in [0, 0.1) is 13.8 Å². The van der Waals surface area contributed by atoms with Crippen molar-refractivity contribution in [2.75, 3.05) is 5.32 Å². The van der Waals surface area contributed by atoms with Crippen molar-refractivity contribution in [1.82, 2.24) is 14.7 Å². The third kappa shape index (κ3) is 3.60. The van der Waals surface area contributed by atoms with Crippen molar-refractivity contribution in [2.24, 2.45) is 0 Å². The summed E-state index contributed by atoms with van der Waals surface area (Å²) >= 11 is 0. The molecule has 0 atom stereocenters. The molecular weight excluding hydrogens is 340 g/mol. The van der Waals surface area contributed by atoms with Gasteiger partial charge in [0.2, 0.25) is 11.9 Å². The van der Waals surface area contributed by atoms with E-state index in [-0.39, 0.29) is 12.3 Å². The van der Waals surface area contributed by atoms with E-state index in [4.69, 9.17) is 4.52 Å². The fourth-order valence-corrected chi connectivity index (χ4v) is 3.12. The highest BCUT2D eigenvalue weighted by molar-refractivity contribution is 5.92. The van der Waals surface area contributed by atoms with Gasteiger partial charge in [0.1, 0.15) is 5.76 Å². The number of para-hydroxylation sites is 2. The lowest BCUT2D eigenvalue weighted by atomic mass is 10.1. The summed E-state index contributed by atoms with van der Waals surface area (Å²) in [7, 11) is 0. The lowest BCUT2D eigenvalue weighted by Crippen LogP contribution is -2.18. The van der Waals surface area contributed by atoms with Crippen molar-refractivity contribution in [3.05, 3.63) is 77.2 Å². The largest absolute Gasteiger partial charge is 0.361 e. The first kappa shape index (κ1) is 17.0. The van der Waals surface area contributed by atoms with Gasteiger partial charge in [-0.25, -0.2) is 4.98 Å². The van der Waals surface area contributed by atoms with Crippen molar-refractivity contribution < 1.29 is 9.32 Å². The van der Waals surface area contributed by atoms with Gasteiger partial charge in [0, 0.05) is 6.07 Å². The number of carbonyl (C=O) groups excluding carboxylic acids is 1. The summed E-state index contributed by atoms with van der Waals surface area (Å²) in [5, 5.41) is 6.81. The highest BCUT2D eigenvalue weighted by Crippen LogP contribution is 2.22. The Bertz CT molecular complexity index is 1110. The number of hydrogen-bond acceptors (Lipinski definition) is 4. The first-order valence-electron chi connectivity index (χ1n) is 8.82. The molecule has 0 aliphatic heterocycles. The number of carbonyl (C=O) groups is 1. The smallest absolute Gasteiger partial charge is 0.232 e. The minimum absolute atomic E-state index is 0.144. The highest BCUT2D eigenvalue weighted by atomic mass is 16.5. The standard InChI is InChI=1S/C21H20N4O2/c1-14-7-3-4-8-16(14)13-25-19-10-6-5-9-18(19)22-21(25)23-20(26)12-17-11-15(2)27-24-17/h3-11H,12-13H2,1-2H3,(H,22,23,26). The summed E-state index contributed by atoms with van der Waals surface area (Å²) in [5.41, 5.74) is 4.81. The van der Waals surface area contributed by atoms with Gasteiger partial charge >= 0.3 is 0 Å². The van der Waals surface area contributed by atoms with Gasteiger partial charge in [0.25, 0.3) is 0 Å². The van der Waals surface area contributed by atoms with Crippen molar-refractivity contribution >= 4 is 22.9 Å². The van der Waals surface area contributed by atoms with Crippen LogP contribution in [0.5, 0.6) is 0 Å². The molecule has 0 aliphatic rings. The van der Waals surface area contributed by atoms with Gasteiger partial charge < -0.3 is 9.09 Å². The number of rotatable bonds is 5. The first-order chi connectivity index (χ1) is 13.1. The Kier molecular flexibility index (Phi) is 4.46. The van der Waals surface area contributed by atoms with E-state index >= 15 is 0 Å². The number of nitrogens with one attached hydrogen (secondary N) is 1. The first-order valence-corrected chi connectivity index (χ1v) is 8.82. The van der Waals surface area contributed by atoms with E-state index in [9.17, 15) is 4.79 Å². The molecule has 136 valence electrons. The average Bonchev–Trinajstić information content (AvgIpc) is 3.20. The van der Waals surface area contributed by atoms with Crippen LogP contribution in [0.4, 0.5) is 5.95 Å². The molecule has 0 bridgehead atoms. The number of fused-ring (bicyclic) bond motifs is 1. The summed E-state index contributed by atoms with van der Waals surface area (Å²) in [6.07, 6.45) is 0.144. The number of imidazole rings is 1. The zero-order valence-corrected chi connectivity index (χ0v) is 15.3. The van der Waals surface area contributed by atoms with Crippen molar-refractivity contribution in [3.63, 3.8) is 0 Å². The van der Waals surface area contributed by atoms with E-state index in [2.05, 4.69) is 34.5 Å². The topological polar surface area (TPSA) is 73.0 Å². The molecule has 0 fully saturated rings. The van der Waals surface area contributed by atoms with Crippen LogP contribution < -0.4 is 5.32 Å². The van der Waals surface area contributed by atoms with Gasteiger partial charge in [-0.15, -0.1) is 0 Å². The summed E-state index contributed by atoms with van der Waals surface area (Å²) in [5.74, 6) is 1.04. The molecule has 2 aromatic carbocycles. The van der Waals surface area contributed by atoms with Crippen LogP contribution in [0.2, 0.25) is 0 Å². The molecule has 1 amide bonds. The summed E-state index contributed by atoms with van der Waals surface area (Å²) < 4.78 is 7.06. The Morgan fingerprint density at radius 1 is 1.11 bits per heavy atom. The Morgan fingerprint density at radius 2 is 1.89 bits per heavy atom. The van der Waals surface area contributed by atoms with Crippen LogP contribution in [0.1, 0.15) is 22.6 Å². The number of hydrogen-bond donors (Lipinski definition) is 1. The number of aryl methyl sites for hydroxylation is 2. The lowest BCUT2D eigenvalue weighted by Gasteiger charge is -2.12. The van der Waals surface area contributed by atoms with E-state index in [1.807, 2.05) is 41.0 Å². The molecule has 0 unspecified atom stereocenters. The van der Waals surface area contributed by atoms with Gasteiger partial charge in [0.05, 0.1) is 29.7 Å². The number of amides is 1. The van der Waals surface area contributed by atoms with E-state index in [1.165, 1.54) is 11.1 Å². The minimum Gasteiger partial charge on any atom is -0.361 e. The van der Waals surface area contributed by atoms with Crippen LogP contribution >= 0.6 is 0 Å². The van der Waals surface area contributed by atoms with Crippen LogP contribution in [-0.4, -0.2) is 20.6 Å². The molecule has 1 N–H and O–H groups in total. The van der Waals surface area contributed by atoms with Gasteiger partial charge in [-0.05, 0) is 37.1 Å². The average molecular weight is 360 g/mol. The maximum atomic E-state index is 12.5. The Balaban J connectivity index is 1.65. The molecule has 6 heteroatoms. The Hall–Kier alpha value is -3.41. The Morgan fingerprint density at radius 3 is 2.67 bits per heavy atom. The van der Waals surface area contributed by atoms with Gasteiger partial charge in [-0.3, -0.25) is 10.1 Å². The van der Waals surface area contributed by atoms with Crippen molar-refractivity contribution in [1.29, 1.82) is 0 Å². The van der Waals surface area contributed by atoms with Gasteiger partial charge in [0.15, 0.2) is 0 Å². The predicted octanol–water partition coefficient (Wildman–Crippen LogP) is 3.87. The minimum atomic E-state index is -0.176. The van der Waals surface area contributed by atoms with Crippen LogP contribution in [-0.2, 0) is 17.8 Å². The number of benzene rings is 2. The van der Waals surface area contributed by atoms with Crippen molar-refractivity contribution in [3.8, 4) is 0 Å². The zero-order valence-electron chi connectivity index (χ0n) is 15.3. The fraction of sp³-hybridized carbons (Fsp3) is 0.190. The second-order valence-corrected chi connectivity index (χ2v) is 6.59. The van der Waals surface area contributed by atoms with E-state index < -0.39 is 0 Å². The molecule has 2 heterocycles. The summed E-state index contributed by atoms with van der Waals surface area (Å²) in [6, 6.07) is 17.8. The van der Waals surface area contributed by atoms with E-state index in [1.54, 1.807) is 13.0 Å². The molecule has 4 aromatic rings. The third-order valence-electron chi connectivity index (χ3n) is 4.51. The van der Waals surface area contributed by atoms with Gasteiger partial charge in [-0.2, -0.15) is 0 Å². The van der Waals surface area contributed by atoms with Gasteiger partial charge in [-0.1, -0.05) is 41.6 Å². The normalized spacial score (nSPS) is 11.0. The lowest BCUT2D eigenvalue weighted by molar-refractivity contribution is -0.115. The zero-order chi connectivity index (χ0) is 18.8. The van der Waals surface area contributed by atoms with E-state index in [0.717, 1.165) is 11.0 Å². The second-order valence-electron chi connectivity index (χ2n) is 6.59. The number of aromatic nitrogens is 3. The highest BCUT2D eigenvalue weighted by Gasteiger charge is 2.15. The third-order valence-corrected chi connectivity index (χ3v) is 4.51. The van der Waals surface area contributed by atoms with Crippen LogP contribution in [0.3, 0.4) is 0 Å². The monoisotopic (exact) mass is 360 g/mol. The fourth-order valence-electron chi connectivity index (χ4n) is 3.12. The molecule has 0 radical (unpaired) electrons. The molecule has 0 saturated carbocycles. The molecule has 27 heavy (non-hydrogen) atoms. The van der Waals surface area contributed by atoms with Crippen molar-refractivity contribution in [2.45, 2.75) is 26.8 Å². The molecule has 0 spiro atoms. The molecular formula is C21H20N4O2.